The Labute approximate surface area is 136 Å². The number of hydrogen-bond acceptors (Lipinski definition) is 4. The van der Waals surface area contributed by atoms with Crippen molar-refractivity contribution in [2.75, 3.05) is 13.7 Å². The Kier molecular flexibility index (Phi) is 5.39. The molecular formula is C17H23N3O3. The van der Waals surface area contributed by atoms with Gasteiger partial charge in [0, 0.05) is 24.8 Å². The molecule has 6 heteroatoms. The van der Waals surface area contributed by atoms with Gasteiger partial charge in [-0.2, -0.15) is 5.10 Å². The van der Waals surface area contributed by atoms with Crippen molar-refractivity contribution in [3.8, 4) is 5.75 Å². The second-order valence-corrected chi connectivity index (χ2v) is 5.55. The van der Waals surface area contributed by atoms with Gasteiger partial charge in [-0.25, -0.2) is 0 Å². The predicted molar refractivity (Wildman–Crippen MR) is 87.3 cm³/mol. The Hall–Kier alpha value is -2.34. The number of nitrogens with zero attached hydrogens (tertiary/aromatic N) is 2. The number of aryl methyl sites for hydroxylation is 2. The van der Waals surface area contributed by atoms with Crippen LogP contribution in [-0.4, -0.2) is 34.4 Å². The molecule has 0 aliphatic carbocycles. The average Bonchev–Trinajstić information content (AvgIpc) is 2.79. The van der Waals surface area contributed by atoms with Crippen LogP contribution in [-0.2, 0) is 18.3 Å². The molecule has 124 valence electrons. The Bertz CT molecular complexity index is 694. The maximum atomic E-state index is 12.1. The van der Waals surface area contributed by atoms with Crippen LogP contribution >= 0.6 is 0 Å². The highest BCUT2D eigenvalue weighted by Gasteiger charge is 2.15. The van der Waals surface area contributed by atoms with Crippen molar-refractivity contribution in [3.05, 3.63) is 46.8 Å². The van der Waals surface area contributed by atoms with Gasteiger partial charge in [0.1, 0.15) is 5.75 Å². The summed E-state index contributed by atoms with van der Waals surface area (Å²) in [5, 5.41) is 17.2. The van der Waals surface area contributed by atoms with Crippen LogP contribution in [0.25, 0.3) is 0 Å². The number of nitrogens with one attached hydrogen (secondary N) is 1. The Balaban J connectivity index is 1.93. The summed E-state index contributed by atoms with van der Waals surface area (Å²) in [6.45, 7) is 3.98. The molecule has 1 aromatic carbocycles. The van der Waals surface area contributed by atoms with Gasteiger partial charge in [-0.3, -0.25) is 9.48 Å². The number of amides is 1. The minimum atomic E-state index is -0.773. The molecule has 0 saturated carbocycles. The quantitative estimate of drug-likeness (QED) is 0.845. The van der Waals surface area contributed by atoms with Crippen LogP contribution in [0.5, 0.6) is 5.75 Å². The lowest BCUT2D eigenvalue weighted by Crippen LogP contribution is -2.30. The molecule has 0 fully saturated rings. The van der Waals surface area contributed by atoms with Crippen LogP contribution < -0.4 is 10.1 Å². The number of ether oxygens (including phenoxy) is 1. The topological polar surface area (TPSA) is 76.4 Å². The van der Waals surface area contributed by atoms with Crippen LogP contribution in [0.15, 0.2) is 24.3 Å². The summed E-state index contributed by atoms with van der Waals surface area (Å²) in [5.74, 6) is 0.542. The molecule has 1 atom stereocenters. The number of aliphatic hydroxyl groups excluding tert-OH is 1. The molecule has 1 amide bonds. The number of hydrogen-bond donors (Lipinski definition) is 2. The second-order valence-electron chi connectivity index (χ2n) is 5.55. The van der Waals surface area contributed by atoms with E-state index in [1.165, 1.54) is 0 Å². The fraction of sp³-hybridized carbons (Fsp3) is 0.412. The molecule has 0 aliphatic rings. The van der Waals surface area contributed by atoms with Gasteiger partial charge in [-0.1, -0.05) is 12.1 Å². The standard InChI is InChI=1S/C17H23N3O3/c1-11-15(12(2)20(3)19-11)9-17(22)18-10-16(21)13-6-5-7-14(8-13)23-4/h5-8,16,21H,9-10H2,1-4H3,(H,18,22). The number of methoxy groups -OCH3 is 1. The summed E-state index contributed by atoms with van der Waals surface area (Å²) in [6, 6.07) is 7.17. The van der Waals surface area contributed by atoms with Gasteiger partial charge in [-0.15, -0.1) is 0 Å². The van der Waals surface area contributed by atoms with Crippen molar-refractivity contribution >= 4 is 5.91 Å². The molecule has 1 aromatic heterocycles. The number of aliphatic hydroxyl groups is 1. The van der Waals surface area contributed by atoms with E-state index in [2.05, 4.69) is 10.4 Å². The molecule has 23 heavy (non-hydrogen) atoms. The first kappa shape index (κ1) is 17.0. The Morgan fingerprint density at radius 3 is 2.78 bits per heavy atom. The third-order valence-electron chi connectivity index (χ3n) is 3.97. The normalized spacial score (nSPS) is 12.0. The fourth-order valence-corrected chi connectivity index (χ4v) is 2.47. The number of aromatic nitrogens is 2. The zero-order valence-electron chi connectivity index (χ0n) is 14.0. The van der Waals surface area contributed by atoms with Crippen LogP contribution in [0.3, 0.4) is 0 Å². The van der Waals surface area contributed by atoms with Crippen molar-refractivity contribution in [3.63, 3.8) is 0 Å². The SMILES string of the molecule is COc1cccc(C(O)CNC(=O)Cc2c(C)nn(C)c2C)c1. The fourth-order valence-electron chi connectivity index (χ4n) is 2.47. The van der Waals surface area contributed by atoms with E-state index < -0.39 is 6.10 Å². The van der Waals surface area contributed by atoms with Gasteiger partial charge in [0.25, 0.3) is 0 Å². The maximum Gasteiger partial charge on any atom is 0.224 e. The minimum absolute atomic E-state index is 0.133. The van der Waals surface area contributed by atoms with Crippen molar-refractivity contribution in [1.82, 2.24) is 15.1 Å². The van der Waals surface area contributed by atoms with Crippen LogP contribution in [0.2, 0.25) is 0 Å². The number of benzene rings is 1. The van der Waals surface area contributed by atoms with Crippen molar-refractivity contribution < 1.29 is 14.6 Å². The molecule has 2 rings (SSSR count). The summed E-state index contributed by atoms with van der Waals surface area (Å²) in [5.41, 5.74) is 3.47. The van der Waals surface area contributed by atoms with Crippen molar-refractivity contribution in [1.29, 1.82) is 0 Å². The second kappa shape index (κ2) is 7.28. The summed E-state index contributed by atoms with van der Waals surface area (Å²) >= 11 is 0. The first-order chi connectivity index (χ1) is 10.9. The lowest BCUT2D eigenvalue weighted by molar-refractivity contribution is -0.120. The zero-order valence-corrected chi connectivity index (χ0v) is 14.0. The highest BCUT2D eigenvalue weighted by atomic mass is 16.5. The molecule has 1 heterocycles. The highest BCUT2D eigenvalue weighted by molar-refractivity contribution is 5.79. The number of carbonyl (C=O) groups is 1. The average molecular weight is 317 g/mol. The minimum Gasteiger partial charge on any atom is -0.497 e. The maximum absolute atomic E-state index is 12.1. The third-order valence-corrected chi connectivity index (χ3v) is 3.97. The molecule has 2 aromatic rings. The molecule has 0 radical (unpaired) electrons. The van der Waals surface area contributed by atoms with E-state index in [9.17, 15) is 9.90 Å². The molecule has 2 N–H and O–H groups in total. The Morgan fingerprint density at radius 2 is 2.17 bits per heavy atom. The van der Waals surface area contributed by atoms with E-state index in [0.717, 1.165) is 17.0 Å². The molecule has 0 saturated heterocycles. The van der Waals surface area contributed by atoms with Gasteiger partial charge in [-0.05, 0) is 31.5 Å². The summed E-state index contributed by atoms with van der Waals surface area (Å²) in [4.78, 5) is 12.1. The van der Waals surface area contributed by atoms with Gasteiger partial charge in [0.15, 0.2) is 0 Å². The number of rotatable bonds is 6. The summed E-state index contributed by atoms with van der Waals surface area (Å²) < 4.78 is 6.90. The molecule has 0 aliphatic heterocycles. The largest absolute Gasteiger partial charge is 0.497 e. The van der Waals surface area contributed by atoms with Crippen LogP contribution in [0, 0.1) is 13.8 Å². The van der Waals surface area contributed by atoms with Crippen molar-refractivity contribution in [2.24, 2.45) is 7.05 Å². The Morgan fingerprint density at radius 1 is 1.43 bits per heavy atom. The van der Waals surface area contributed by atoms with E-state index >= 15 is 0 Å². The lowest BCUT2D eigenvalue weighted by Gasteiger charge is -2.13. The first-order valence-electron chi connectivity index (χ1n) is 7.50. The van der Waals surface area contributed by atoms with E-state index in [4.69, 9.17) is 4.74 Å². The van der Waals surface area contributed by atoms with Gasteiger partial charge < -0.3 is 15.2 Å². The van der Waals surface area contributed by atoms with Crippen LogP contribution in [0.1, 0.15) is 28.6 Å². The molecular weight excluding hydrogens is 294 g/mol. The summed E-state index contributed by atoms with van der Waals surface area (Å²) in [7, 11) is 3.43. The van der Waals surface area contributed by atoms with Gasteiger partial charge >= 0.3 is 0 Å². The van der Waals surface area contributed by atoms with Gasteiger partial charge in [0.2, 0.25) is 5.91 Å². The van der Waals surface area contributed by atoms with Crippen LogP contribution in [0.4, 0.5) is 0 Å². The van der Waals surface area contributed by atoms with Gasteiger partial charge in [0.05, 0.1) is 25.3 Å². The van der Waals surface area contributed by atoms with Crippen molar-refractivity contribution in [2.45, 2.75) is 26.4 Å². The molecule has 0 spiro atoms. The lowest BCUT2D eigenvalue weighted by atomic mass is 10.1. The molecule has 0 bridgehead atoms. The van der Waals surface area contributed by atoms with E-state index in [-0.39, 0.29) is 18.9 Å². The monoisotopic (exact) mass is 317 g/mol. The van der Waals surface area contributed by atoms with E-state index in [1.54, 1.807) is 23.9 Å². The number of carbonyl (C=O) groups excluding carboxylic acids is 1. The molecule has 6 nitrogen and oxygen atoms in total. The van der Waals surface area contributed by atoms with E-state index in [0.29, 0.717) is 11.3 Å². The van der Waals surface area contributed by atoms with E-state index in [1.807, 2.05) is 33.0 Å². The predicted octanol–water partition coefficient (Wildman–Crippen LogP) is 1.44. The first-order valence-corrected chi connectivity index (χ1v) is 7.50. The smallest absolute Gasteiger partial charge is 0.224 e. The molecule has 1 unspecified atom stereocenters. The highest BCUT2D eigenvalue weighted by Crippen LogP contribution is 2.18. The summed E-state index contributed by atoms with van der Waals surface area (Å²) in [6.07, 6.45) is -0.513. The zero-order chi connectivity index (χ0) is 17.0. The third kappa shape index (κ3) is 4.10.